The van der Waals surface area contributed by atoms with E-state index in [-0.39, 0.29) is 0 Å². The topological polar surface area (TPSA) is 77.8 Å². The van der Waals surface area contributed by atoms with Gasteiger partial charge in [0, 0.05) is 33.0 Å². The monoisotopic (exact) mass is 870 g/mol. The van der Waals surface area contributed by atoms with Crippen molar-refractivity contribution in [2.24, 2.45) is 0 Å². The van der Waals surface area contributed by atoms with Crippen LogP contribution < -0.4 is 0 Å². The lowest BCUT2D eigenvalue weighted by atomic mass is 9.97. The Bertz CT molecular complexity index is 3990. The largest absolute Gasteiger partial charge is 0.438 e. The quantitative estimate of drug-likeness (QED) is 0.151. The van der Waals surface area contributed by atoms with Crippen LogP contribution in [0.2, 0.25) is 0 Å². The van der Waals surface area contributed by atoms with E-state index in [1.165, 1.54) is 11.1 Å². The molecule has 0 amide bonds. The summed E-state index contributed by atoms with van der Waals surface area (Å²) < 4.78 is 12.8. The van der Waals surface area contributed by atoms with E-state index in [0.717, 1.165) is 99.7 Å². The molecule has 0 aliphatic rings. The average molecular weight is 871 g/mol. The minimum Gasteiger partial charge on any atom is -0.438 e. The van der Waals surface area contributed by atoms with Gasteiger partial charge in [-0.1, -0.05) is 206 Å². The molecule has 0 bridgehead atoms. The SMILES string of the molecule is c1ccc(-c2ccc(-c3nc(-c4ccc(-c5cccc(-c6cccc(-c7nc(-c8ccc(-c9ccccc9)cc8)c8c(n7)oc7ccccc78)c6)c5)cc4)nc4oc5ccccc5c34)cc2)cc1. The molecule has 13 aromatic rings. The third-order valence-corrected chi connectivity index (χ3v) is 12.8. The summed E-state index contributed by atoms with van der Waals surface area (Å²) in [6, 6.07) is 79.6. The van der Waals surface area contributed by atoms with E-state index >= 15 is 0 Å². The lowest BCUT2D eigenvalue weighted by molar-refractivity contribution is 0.653. The molecule has 318 valence electrons. The van der Waals surface area contributed by atoms with Gasteiger partial charge in [0.05, 0.1) is 22.2 Å². The maximum Gasteiger partial charge on any atom is 0.231 e. The molecule has 9 aromatic carbocycles. The number of aromatic nitrogens is 4. The highest BCUT2D eigenvalue weighted by Gasteiger charge is 2.20. The van der Waals surface area contributed by atoms with Gasteiger partial charge in [0.15, 0.2) is 11.6 Å². The molecule has 0 radical (unpaired) electrons. The molecule has 13 rings (SSSR count). The molecule has 0 fully saturated rings. The predicted octanol–water partition coefficient (Wildman–Crippen LogP) is 16.4. The van der Waals surface area contributed by atoms with Gasteiger partial charge in [-0.2, -0.15) is 9.97 Å². The summed E-state index contributed by atoms with van der Waals surface area (Å²) in [6.45, 7) is 0. The van der Waals surface area contributed by atoms with Gasteiger partial charge in [0.1, 0.15) is 11.2 Å². The third kappa shape index (κ3) is 7.00. The fourth-order valence-corrected chi connectivity index (χ4v) is 9.35. The Morgan fingerprint density at radius 1 is 0.235 bits per heavy atom. The van der Waals surface area contributed by atoms with Crippen molar-refractivity contribution in [1.29, 1.82) is 0 Å². The zero-order valence-corrected chi connectivity index (χ0v) is 36.5. The molecule has 0 unspecified atom stereocenters. The minimum atomic E-state index is 0.561. The molecule has 0 aliphatic heterocycles. The Labute approximate surface area is 391 Å². The first kappa shape index (κ1) is 39.1. The number of hydrogen-bond donors (Lipinski definition) is 0. The van der Waals surface area contributed by atoms with E-state index < -0.39 is 0 Å². The number of fused-ring (bicyclic) bond motifs is 6. The molecule has 0 atom stereocenters. The van der Waals surface area contributed by atoms with E-state index in [0.29, 0.717) is 23.1 Å². The Morgan fingerprint density at radius 3 is 1.04 bits per heavy atom. The number of nitrogens with zero attached hydrogens (tertiary/aromatic N) is 4. The van der Waals surface area contributed by atoms with Gasteiger partial charge in [-0.05, 0) is 68.8 Å². The minimum absolute atomic E-state index is 0.561. The van der Waals surface area contributed by atoms with Crippen molar-refractivity contribution in [2.45, 2.75) is 0 Å². The smallest absolute Gasteiger partial charge is 0.231 e. The van der Waals surface area contributed by atoms with Gasteiger partial charge in [0.2, 0.25) is 11.4 Å². The predicted molar refractivity (Wildman–Crippen MR) is 276 cm³/mol. The Hall–Kier alpha value is -9.26. The number of benzene rings is 9. The fraction of sp³-hybridized carbons (Fsp3) is 0. The van der Waals surface area contributed by atoms with Gasteiger partial charge >= 0.3 is 0 Å². The van der Waals surface area contributed by atoms with Crippen LogP contribution in [-0.4, -0.2) is 19.9 Å². The van der Waals surface area contributed by atoms with Gasteiger partial charge in [0.25, 0.3) is 0 Å². The van der Waals surface area contributed by atoms with Crippen LogP contribution in [-0.2, 0) is 0 Å². The second-order valence-corrected chi connectivity index (χ2v) is 17.0. The standard InChI is InChI=1S/C62H38N4O2/c1-3-13-39(14-4-1)41-25-31-44(32-26-41)57-55-51-21-7-9-23-53(51)67-61(55)65-59(63-57)46-35-29-43(30-36-46)47-17-11-18-48(37-47)49-19-12-20-50(38-49)60-64-58(56-52-22-8-10-24-54(52)68-62(56)66-60)45-33-27-42(28-34-45)40-15-5-2-6-16-40/h1-38H. The van der Waals surface area contributed by atoms with Crippen molar-refractivity contribution in [1.82, 2.24) is 19.9 Å². The van der Waals surface area contributed by atoms with Crippen molar-refractivity contribution in [3.63, 3.8) is 0 Å². The average Bonchev–Trinajstić information content (AvgIpc) is 4.00. The first-order valence-electron chi connectivity index (χ1n) is 22.7. The molecule has 0 saturated heterocycles. The Morgan fingerprint density at radius 2 is 0.559 bits per heavy atom. The molecular formula is C62H38N4O2. The van der Waals surface area contributed by atoms with Gasteiger partial charge in [-0.15, -0.1) is 0 Å². The maximum absolute atomic E-state index is 6.40. The second-order valence-electron chi connectivity index (χ2n) is 17.0. The molecular weight excluding hydrogens is 833 g/mol. The zero-order chi connectivity index (χ0) is 45.0. The third-order valence-electron chi connectivity index (χ3n) is 12.8. The summed E-state index contributed by atoms with van der Waals surface area (Å²) in [5.74, 6) is 1.20. The second kappa shape index (κ2) is 16.3. The number of hydrogen-bond acceptors (Lipinski definition) is 6. The van der Waals surface area contributed by atoms with Crippen LogP contribution in [0.15, 0.2) is 239 Å². The molecule has 6 heteroatoms. The van der Waals surface area contributed by atoms with E-state index in [9.17, 15) is 0 Å². The Kier molecular flexibility index (Phi) is 9.39. The van der Waals surface area contributed by atoms with E-state index in [2.05, 4.69) is 182 Å². The molecule has 4 aromatic heterocycles. The molecule has 68 heavy (non-hydrogen) atoms. The van der Waals surface area contributed by atoms with Crippen molar-refractivity contribution in [3.05, 3.63) is 231 Å². The maximum atomic E-state index is 6.40. The Balaban J connectivity index is 0.831. The van der Waals surface area contributed by atoms with Gasteiger partial charge in [-0.3, -0.25) is 0 Å². The lowest BCUT2D eigenvalue weighted by Gasteiger charge is -2.11. The zero-order valence-electron chi connectivity index (χ0n) is 36.5. The lowest BCUT2D eigenvalue weighted by Crippen LogP contribution is -1.94. The first-order valence-corrected chi connectivity index (χ1v) is 22.7. The highest BCUT2D eigenvalue weighted by Crippen LogP contribution is 2.40. The first-order chi connectivity index (χ1) is 33.7. The van der Waals surface area contributed by atoms with Gasteiger partial charge < -0.3 is 8.83 Å². The summed E-state index contributed by atoms with van der Waals surface area (Å²) in [7, 11) is 0. The number of rotatable bonds is 8. The van der Waals surface area contributed by atoms with E-state index in [1.54, 1.807) is 0 Å². The van der Waals surface area contributed by atoms with Crippen LogP contribution >= 0.6 is 0 Å². The van der Waals surface area contributed by atoms with Crippen LogP contribution in [0.1, 0.15) is 0 Å². The van der Waals surface area contributed by atoms with E-state index in [1.807, 2.05) is 48.5 Å². The molecule has 0 aliphatic carbocycles. The summed E-state index contributed by atoms with van der Waals surface area (Å²) >= 11 is 0. The molecule has 0 N–H and O–H groups in total. The summed E-state index contributed by atoms with van der Waals surface area (Å²) in [4.78, 5) is 20.5. The fourth-order valence-electron chi connectivity index (χ4n) is 9.35. The summed E-state index contributed by atoms with van der Waals surface area (Å²) in [5.41, 5.74) is 17.1. The van der Waals surface area contributed by atoms with Crippen LogP contribution in [0.25, 0.3) is 134 Å². The van der Waals surface area contributed by atoms with Crippen molar-refractivity contribution in [3.8, 4) is 89.8 Å². The van der Waals surface area contributed by atoms with Crippen molar-refractivity contribution in [2.75, 3.05) is 0 Å². The summed E-state index contributed by atoms with van der Waals surface area (Å²) in [5, 5.41) is 3.80. The van der Waals surface area contributed by atoms with Crippen molar-refractivity contribution < 1.29 is 8.83 Å². The summed E-state index contributed by atoms with van der Waals surface area (Å²) in [6.07, 6.45) is 0. The normalized spacial score (nSPS) is 11.5. The van der Waals surface area contributed by atoms with E-state index in [4.69, 9.17) is 28.8 Å². The molecule has 0 spiro atoms. The molecule has 6 nitrogen and oxygen atoms in total. The highest BCUT2D eigenvalue weighted by atomic mass is 16.3. The van der Waals surface area contributed by atoms with Crippen LogP contribution in [0.3, 0.4) is 0 Å². The van der Waals surface area contributed by atoms with Crippen LogP contribution in [0.5, 0.6) is 0 Å². The number of furan rings is 2. The number of para-hydroxylation sites is 2. The molecule has 4 heterocycles. The van der Waals surface area contributed by atoms with Gasteiger partial charge in [-0.25, -0.2) is 9.97 Å². The van der Waals surface area contributed by atoms with Crippen LogP contribution in [0, 0.1) is 0 Å². The highest BCUT2D eigenvalue weighted by molar-refractivity contribution is 6.11. The van der Waals surface area contributed by atoms with Crippen molar-refractivity contribution >= 4 is 44.1 Å². The van der Waals surface area contributed by atoms with Crippen LogP contribution in [0.4, 0.5) is 0 Å². The molecule has 0 saturated carbocycles.